The smallest absolute Gasteiger partial charge is 0.163 e. The van der Waals surface area contributed by atoms with Gasteiger partial charge in [-0.3, -0.25) is 0 Å². The second-order valence-corrected chi connectivity index (χ2v) is 6.98. The van der Waals surface area contributed by atoms with E-state index in [0.29, 0.717) is 19.3 Å². The van der Waals surface area contributed by atoms with E-state index in [1.807, 2.05) is 6.07 Å². The zero-order chi connectivity index (χ0) is 14.7. The van der Waals surface area contributed by atoms with Crippen LogP contribution in [0.1, 0.15) is 45.4 Å². The lowest BCUT2D eigenvalue weighted by atomic mass is 9.83. The number of halogens is 1. The number of anilines is 1. The van der Waals surface area contributed by atoms with E-state index in [-0.39, 0.29) is 0 Å². The molecule has 0 aromatic heterocycles. The van der Waals surface area contributed by atoms with E-state index in [1.54, 1.807) is 0 Å². The topological polar surface area (TPSA) is 30.5 Å². The Bertz CT molecular complexity index is 484. The molecule has 1 N–H and O–H groups in total. The van der Waals surface area contributed by atoms with Gasteiger partial charge in [0.1, 0.15) is 13.2 Å². The first-order valence-corrected chi connectivity index (χ1v) is 8.91. The van der Waals surface area contributed by atoms with Crippen molar-refractivity contribution in [1.82, 2.24) is 0 Å². The van der Waals surface area contributed by atoms with Crippen molar-refractivity contribution in [3.8, 4) is 11.5 Å². The molecule has 1 aliphatic heterocycles. The van der Waals surface area contributed by atoms with Gasteiger partial charge in [-0.2, -0.15) is 0 Å². The van der Waals surface area contributed by atoms with Crippen molar-refractivity contribution in [2.24, 2.45) is 5.92 Å². The molecule has 0 amide bonds. The molecule has 0 spiro atoms. The molecule has 3 nitrogen and oxygen atoms in total. The Morgan fingerprint density at radius 3 is 2.43 bits per heavy atom. The summed E-state index contributed by atoms with van der Waals surface area (Å²) in [7, 11) is 0. The van der Waals surface area contributed by atoms with Gasteiger partial charge in [0.2, 0.25) is 0 Å². The highest BCUT2D eigenvalue weighted by Gasteiger charge is 2.22. The van der Waals surface area contributed by atoms with E-state index in [0.717, 1.165) is 27.6 Å². The normalized spacial score (nSPS) is 24.7. The molecule has 1 aromatic carbocycles. The lowest BCUT2D eigenvalue weighted by Gasteiger charge is -2.30. The number of ether oxygens (including phenoxy) is 2. The van der Waals surface area contributed by atoms with Gasteiger partial charge < -0.3 is 14.8 Å². The summed E-state index contributed by atoms with van der Waals surface area (Å²) in [6.45, 7) is 3.56. The van der Waals surface area contributed by atoms with Crippen LogP contribution in [-0.4, -0.2) is 19.3 Å². The van der Waals surface area contributed by atoms with Crippen LogP contribution in [0.15, 0.2) is 16.6 Å². The van der Waals surface area contributed by atoms with E-state index >= 15 is 0 Å². The van der Waals surface area contributed by atoms with Crippen LogP contribution in [0.25, 0.3) is 0 Å². The van der Waals surface area contributed by atoms with Gasteiger partial charge in [0.05, 0.1) is 5.69 Å². The van der Waals surface area contributed by atoms with E-state index in [9.17, 15) is 0 Å². The molecule has 1 heterocycles. The van der Waals surface area contributed by atoms with Gasteiger partial charge in [-0.25, -0.2) is 0 Å². The molecule has 1 fully saturated rings. The average molecular weight is 354 g/mol. The average Bonchev–Trinajstić information content (AvgIpc) is 2.50. The Labute approximate surface area is 135 Å². The van der Waals surface area contributed by atoms with Gasteiger partial charge in [0.15, 0.2) is 11.5 Å². The maximum absolute atomic E-state index is 5.67. The van der Waals surface area contributed by atoms with E-state index in [1.165, 1.54) is 38.5 Å². The quantitative estimate of drug-likeness (QED) is 0.826. The van der Waals surface area contributed by atoms with Crippen molar-refractivity contribution < 1.29 is 9.47 Å². The minimum atomic E-state index is 0.581. The summed E-state index contributed by atoms with van der Waals surface area (Å²) < 4.78 is 12.3. The van der Waals surface area contributed by atoms with Crippen LogP contribution in [-0.2, 0) is 0 Å². The highest BCUT2D eigenvalue weighted by atomic mass is 79.9. The molecule has 0 radical (unpaired) electrons. The summed E-state index contributed by atoms with van der Waals surface area (Å²) in [4.78, 5) is 0. The largest absolute Gasteiger partial charge is 0.486 e. The van der Waals surface area contributed by atoms with E-state index in [4.69, 9.17) is 9.47 Å². The third-order valence-corrected chi connectivity index (χ3v) is 5.19. The molecule has 1 aromatic rings. The highest BCUT2D eigenvalue weighted by Crippen LogP contribution is 2.39. The van der Waals surface area contributed by atoms with Crippen LogP contribution in [0.3, 0.4) is 0 Å². The molecule has 21 heavy (non-hydrogen) atoms. The summed E-state index contributed by atoms with van der Waals surface area (Å²) in [5, 5.41) is 3.68. The molecular weight excluding hydrogens is 330 g/mol. The Morgan fingerprint density at radius 1 is 1.10 bits per heavy atom. The van der Waals surface area contributed by atoms with Crippen molar-refractivity contribution in [2.75, 3.05) is 18.5 Å². The predicted molar refractivity (Wildman–Crippen MR) is 89.4 cm³/mol. The van der Waals surface area contributed by atoms with E-state index in [2.05, 4.69) is 34.2 Å². The van der Waals surface area contributed by atoms with Crippen LogP contribution < -0.4 is 14.8 Å². The summed E-state index contributed by atoms with van der Waals surface area (Å²) in [6, 6.07) is 4.66. The molecule has 1 saturated carbocycles. The van der Waals surface area contributed by atoms with Crippen LogP contribution in [0.4, 0.5) is 5.69 Å². The Hall–Kier alpha value is -0.900. The number of nitrogens with one attached hydrogen (secondary N) is 1. The fraction of sp³-hybridized carbons (Fsp3) is 0.647. The lowest BCUT2D eigenvalue weighted by molar-refractivity contribution is 0.171. The van der Waals surface area contributed by atoms with Gasteiger partial charge in [-0.05, 0) is 47.5 Å². The third-order valence-electron chi connectivity index (χ3n) is 4.54. The highest BCUT2D eigenvalue weighted by molar-refractivity contribution is 9.10. The molecule has 116 valence electrons. The maximum atomic E-state index is 5.67. The molecule has 2 aliphatic rings. The standard InChI is InChI=1S/C17H24BrNO2/c1-2-3-12-4-6-13(7-5-12)19-15-11-17-16(10-14(15)18)20-8-9-21-17/h10-13,19H,2-9H2,1H3. The SMILES string of the molecule is CCCC1CCC(Nc2cc3c(cc2Br)OCCO3)CC1. The molecule has 0 saturated heterocycles. The number of benzene rings is 1. The Morgan fingerprint density at radius 2 is 1.76 bits per heavy atom. The zero-order valence-corrected chi connectivity index (χ0v) is 14.2. The summed E-state index contributed by atoms with van der Waals surface area (Å²) >= 11 is 3.64. The molecule has 1 aliphatic carbocycles. The van der Waals surface area contributed by atoms with Gasteiger partial charge in [-0.15, -0.1) is 0 Å². The van der Waals surface area contributed by atoms with Crippen molar-refractivity contribution in [1.29, 1.82) is 0 Å². The fourth-order valence-corrected chi connectivity index (χ4v) is 3.84. The summed E-state index contributed by atoms with van der Waals surface area (Å²) in [5.74, 6) is 2.63. The first kappa shape index (κ1) is 15.0. The second kappa shape index (κ2) is 6.91. The second-order valence-electron chi connectivity index (χ2n) is 6.13. The van der Waals surface area contributed by atoms with Crippen molar-refractivity contribution in [3.63, 3.8) is 0 Å². The molecule has 4 heteroatoms. The zero-order valence-electron chi connectivity index (χ0n) is 12.7. The van der Waals surface area contributed by atoms with Crippen LogP contribution in [0.5, 0.6) is 11.5 Å². The lowest BCUT2D eigenvalue weighted by Crippen LogP contribution is -2.26. The first-order valence-electron chi connectivity index (χ1n) is 8.12. The van der Waals surface area contributed by atoms with Gasteiger partial charge in [-0.1, -0.05) is 19.8 Å². The first-order chi connectivity index (χ1) is 10.3. The molecule has 3 rings (SSSR count). The number of rotatable bonds is 4. The van der Waals surface area contributed by atoms with Crippen molar-refractivity contribution in [2.45, 2.75) is 51.5 Å². The molecular formula is C17H24BrNO2. The Kier molecular flexibility index (Phi) is 4.94. The van der Waals surface area contributed by atoms with Crippen LogP contribution in [0.2, 0.25) is 0 Å². The molecule has 0 atom stereocenters. The van der Waals surface area contributed by atoms with Gasteiger partial charge in [0.25, 0.3) is 0 Å². The maximum Gasteiger partial charge on any atom is 0.163 e. The molecule has 0 bridgehead atoms. The van der Waals surface area contributed by atoms with Crippen molar-refractivity contribution in [3.05, 3.63) is 16.6 Å². The summed E-state index contributed by atoms with van der Waals surface area (Å²) in [5.41, 5.74) is 1.12. The predicted octanol–water partition coefficient (Wildman–Crippen LogP) is 4.99. The summed E-state index contributed by atoms with van der Waals surface area (Å²) in [6.07, 6.45) is 7.95. The van der Waals surface area contributed by atoms with Gasteiger partial charge >= 0.3 is 0 Å². The minimum Gasteiger partial charge on any atom is -0.486 e. The van der Waals surface area contributed by atoms with E-state index < -0.39 is 0 Å². The number of hydrogen-bond donors (Lipinski definition) is 1. The third kappa shape index (κ3) is 3.65. The monoisotopic (exact) mass is 353 g/mol. The van der Waals surface area contributed by atoms with Gasteiger partial charge in [0, 0.05) is 22.6 Å². The number of fused-ring (bicyclic) bond motifs is 1. The molecule has 0 unspecified atom stereocenters. The van der Waals surface area contributed by atoms with Crippen LogP contribution >= 0.6 is 15.9 Å². The number of hydrogen-bond acceptors (Lipinski definition) is 3. The fourth-order valence-electron chi connectivity index (χ4n) is 3.40. The van der Waals surface area contributed by atoms with Crippen molar-refractivity contribution >= 4 is 21.6 Å². The minimum absolute atomic E-state index is 0.581. The van der Waals surface area contributed by atoms with Crippen LogP contribution in [0, 0.1) is 5.92 Å². The Balaban J connectivity index is 1.63.